The maximum atomic E-state index is 12.9. The second kappa shape index (κ2) is 10.3. The molecule has 0 bridgehead atoms. The summed E-state index contributed by atoms with van der Waals surface area (Å²) in [6, 6.07) is 15.6. The van der Waals surface area contributed by atoms with Gasteiger partial charge in [0, 0.05) is 25.8 Å². The van der Waals surface area contributed by atoms with Crippen LogP contribution in [-0.2, 0) is 14.3 Å². The lowest BCUT2D eigenvalue weighted by molar-refractivity contribution is -0.140. The second-order valence-corrected chi connectivity index (χ2v) is 7.98. The molecule has 2 aromatic rings. The third-order valence-corrected chi connectivity index (χ3v) is 5.11. The van der Waals surface area contributed by atoms with E-state index >= 15 is 0 Å². The molecule has 0 aliphatic carbocycles. The molecule has 0 radical (unpaired) electrons. The van der Waals surface area contributed by atoms with Gasteiger partial charge in [0.2, 0.25) is 0 Å². The van der Waals surface area contributed by atoms with Crippen molar-refractivity contribution in [3.63, 3.8) is 0 Å². The quantitative estimate of drug-likeness (QED) is 0.283. The minimum atomic E-state index is -0.677. The number of rotatable bonds is 9. The minimum Gasteiger partial charge on any atom is -0.507 e. The molecule has 0 unspecified atom stereocenters. The highest BCUT2D eigenvalue weighted by Gasteiger charge is 2.45. The van der Waals surface area contributed by atoms with E-state index in [9.17, 15) is 14.7 Å². The van der Waals surface area contributed by atoms with Crippen molar-refractivity contribution in [1.82, 2.24) is 4.90 Å². The smallest absolute Gasteiger partial charge is 0.295 e. The van der Waals surface area contributed by atoms with E-state index in [4.69, 9.17) is 9.47 Å². The molecule has 164 valence electrons. The average molecular weight is 424 g/mol. The number of ether oxygens (including phenoxy) is 2. The van der Waals surface area contributed by atoms with Crippen LogP contribution in [0.15, 0.2) is 60.2 Å². The number of likely N-dealkylation sites (tertiary alicyclic amines) is 1. The number of ketones is 1. The molecule has 0 saturated carbocycles. The summed E-state index contributed by atoms with van der Waals surface area (Å²) in [4.78, 5) is 27.2. The summed E-state index contributed by atoms with van der Waals surface area (Å²) in [6.45, 7) is 5.55. The van der Waals surface area contributed by atoms with Crippen LogP contribution < -0.4 is 4.74 Å². The summed E-state index contributed by atoms with van der Waals surface area (Å²) in [5.41, 5.74) is 1.34. The van der Waals surface area contributed by atoms with E-state index in [2.05, 4.69) is 13.8 Å². The van der Waals surface area contributed by atoms with Crippen LogP contribution in [0.5, 0.6) is 5.75 Å². The van der Waals surface area contributed by atoms with Crippen LogP contribution in [0, 0.1) is 5.92 Å². The van der Waals surface area contributed by atoms with Crippen molar-refractivity contribution in [1.29, 1.82) is 0 Å². The SMILES string of the molecule is COCCCN1C(=O)C(=O)/C(=C(/O)c2ccc(OCC(C)C)cc2)[C@H]1c1ccccc1. The van der Waals surface area contributed by atoms with Gasteiger partial charge in [-0.05, 0) is 42.2 Å². The standard InChI is InChI=1S/C25H29NO5/c1-17(2)16-31-20-12-10-19(11-13-20)23(27)21-22(18-8-5-4-6-9-18)26(14-7-15-30-3)25(29)24(21)28/h4-6,8-13,17,22,27H,7,14-16H2,1-3H3/b23-21+/t22-/m1/s1. The lowest BCUT2D eigenvalue weighted by atomic mass is 9.95. The number of amides is 1. The third kappa shape index (κ3) is 5.14. The Hall–Kier alpha value is -3.12. The summed E-state index contributed by atoms with van der Waals surface area (Å²) in [5.74, 6) is -0.387. The van der Waals surface area contributed by atoms with Gasteiger partial charge in [0.1, 0.15) is 11.5 Å². The highest BCUT2D eigenvalue weighted by molar-refractivity contribution is 6.46. The minimum absolute atomic E-state index is 0.101. The molecule has 1 atom stereocenters. The van der Waals surface area contributed by atoms with E-state index in [1.807, 2.05) is 30.3 Å². The predicted molar refractivity (Wildman–Crippen MR) is 119 cm³/mol. The number of hydrogen-bond acceptors (Lipinski definition) is 5. The van der Waals surface area contributed by atoms with Crippen molar-refractivity contribution in [2.75, 3.05) is 26.9 Å². The van der Waals surface area contributed by atoms with E-state index in [0.29, 0.717) is 43.4 Å². The van der Waals surface area contributed by atoms with Crippen molar-refractivity contribution in [2.45, 2.75) is 26.3 Å². The lowest BCUT2D eigenvalue weighted by Crippen LogP contribution is -2.31. The van der Waals surface area contributed by atoms with Crippen molar-refractivity contribution >= 4 is 17.4 Å². The fraction of sp³-hybridized carbons (Fsp3) is 0.360. The number of aliphatic hydroxyl groups is 1. The van der Waals surface area contributed by atoms with Crippen LogP contribution in [0.4, 0.5) is 0 Å². The number of carbonyl (C=O) groups excluding carboxylic acids is 2. The molecule has 3 rings (SSSR count). The number of benzene rings is 2. The molecular formula is C25H29NO5. The molecule has 1 saturated heterocycles. The number of nitrogens with zero attached hydrogens (tertiary/aromatic N) is 1. The van der Waals surface area contributed by atoms with E-state index in [0.717, 1.165) is 5.56 Å². The fourth-order valence-electron chi connectivity index (χ4n) is 3.60. The van der Waals surface area contributed by atoms with Crippen molar-refractivity contribution in [2.24, 2.45) is 5.92 Å². The van der Waals surface area contributed by atoms with E-state index in [1.165, 1.54) is 4.90 Å². The van der Waals surface area contributed by atoms with Gasteiger partial charge in [0.25, 0.3) is 11.7 Å². The lowest BCUT2D eigenvalue weighted by Gasteiger charge is -2.25. The van der Waals surface area contributed by atoms with Crippen molar-refractivity contribution < 1.29 is 24.2 Å². The van der Waals surface area contributed by atoms with Gasteiger partial charge < -0.3 is 19.5 Å². The predicted octanol–water partition coefficient (Wildman–Crippen LogP) is 4.18. The Labute approximate surface area is 183 Å². The van der Waals surface area contributed by atoms with Gasteiger partial charge in [-0.15, -0.1) is 0 Å². The molecule has 1 fully saturated rings. The third-order valence-electron chi connectivity index (χ3n) is 5.11. The second-order valence-electron chi connectivity index (χ2n) is 7.98. The zero-order valence-electron chi connectivity index (χ0n) is 18.2. The Morgan fingerprint density at radius 2 is 1.74 bits per heavy atom. The van der Waals surface area contributed by atoms with E-state index in [-0.39, 0.29) is 11.3 Å². The first kappa shape index (κ1) is 22.6. The van der Waals surface area contributed by atoms with Crippen LogP contribution in [0.3, 0.4) is 0 Å². The van der Waals surface area contributed by atoms with E-state index in [1.54, 1.807) is 31.4 Å². The number of methoxy groups -OCH3 is 1. The molecule has 6 heteroatoms. The maximum absolute atomic E-state index is 12.9. The molecule has 1 aliphatic rings. The number of aliphatic hydroxyl groups excluding tert-OH is 1. The molecule has 1 aliphatic heterocycles. The van der Waals surface area contributed by atoms with Crippen LogP contribution in [0.1, 0.15) is 37.4 Å². The molecule has 2 aromatic carbocycles. The number of hydrogen-bond donors (Lipinski definition) is 1. The molecule has 6 nitrogen and oxygen atoms in total. The van der Waals surface area contributed by atoms with Crippen LogP contribution in [0.2, 0.25) is 0 Å². The Bertz CT molecular complexity index is 934. The number of carbonyl (C=O) groups is 2. The van der Waals surface area contributed by atoms with Crippen LogP contribution in [-0.4, -0.2) is 48.6 Å². The zero-order valence-corrected chi connectivity index (χ0v) is 18.2. The molecule has 1 N–H and O–H groups in total. The maximum Gasteiger partial charge on any atom is 0.295 e. The summed E-state index contributed by atoms with van der Waals surface area (Å²) in [7, 11) is 1.59. The highest BCUT2D eigenvalue weighted by atomic mass is 16.5. The summed E-state index contributed by atoms with van der Waals surface area (Å²) >= 11 is 0. The average Bonchev–Trinajstić information content (AvgIpc) is 3.03. The first-order valence-electron chi connectivity index (χ1n) is 10.5. The Balaban J connectivity index is 1.98. The molecule has 31 heavy (non-hydrogen) atoms. The molecular weight excluding hydrogens is 394 g/mol. The Morgan fingerprint density at radius 1 is 1.06 bits per heavy atom. The highest BCUT2D eigenvalue weighted by Crippen LogP contribution is 2.39. The van der Waals surface area contributed by atoms with Gasteiger partial charge in [-0.3, -0.25) is 9.59 Å². The first-order valence-corrected chi connectivity index (χ1v) is 10.5. The van der Waals surface area contributed by atoms with Crippen LogP contribution >= 0.6 is 0 Å². The topological polar surface area (TPSA) is 76.1 Å². The van der Waals surface area contributed by atoms with Crippen molar-refractivity contribution in [3.05, 3.63) is 71.3 Å². The summed E-state index contributed by atoms with van der Waals surface area (Å²) in [5, 5.41) is 11.1. The monoisotopic (exact) mass is 423 g/mol. The fourth-order valence-corrected chi connectivity index (χ4v) is 3.60. The normalized spacial score (nSPS) is 18.1. The summed E-state index contributed by atoms with van der Waals surface area (Å²) in [6.07, 6.45) is 0.592. The number of Topliss-reactive ketones (excluding diaryl/α,β-unsaturated/α-hetero) is 1. The van der Waals surface area contributed by atoms with Gasteiger partial charge in [0.15, 0.2) is 0 Å². The molecule has 0 aromatic heterocycles. The van der Waals surface area contributed by atoms with Crippen LogP contribution in [0.25, 0.3) is 5.76 Å². The van der Waals surface area contributed by atoms with E-state index < -0.39 is 17.7 Å². The molecule has 1 heterocycles. The Kier molecular flexibility index (Phi) is 7.47. The molecule has 0 spiro atoms. The van der Waals surface area contributed by atoms with Gasteiger partial charge in [-0.1, -0.05) is 44.2 Å². The van der Waals surface area contributed by atoms with Gasteiger partial charge in [0.05, 0.1) is 18.2 Å². The molecule has 1 amide bonds. The summed E-state index contributed by atoms with van der Waals surface area (Å²) < 4.78 is 10.8. The zero-order chi connectivity index (χ0) is 22.4. The van der Waals surface area contributed by atoms with Crippen molar-refractivity contribution in [3.8, 4) is 5.75 Å². The van der Waals surface area contributed by atoms with Gasteiger partial charge in [-0.2, -0.15) is 0 Å². The Morgan fingerprint density at radius 3 is 2.35 bits per heavy atom. The first-order chi connectivity index (χ1) is 14.9. The van der Waals surface area contributed by atoms with Gasteiger partial charge >= 0.3 is 0 Å². The largest absolute Gasteiger partial charge is 0.507 e. The van der Waals surface area contributed by atoms with Gasteiger partial charge in [-0.25, -0.2) is 0 Å².